The highest BCUT2D eigenvalue weighted by Gasteiger charge is 2.34. The summed E-state index contributed by atoms with van der Waals surface area (Å²) < 4.78 is 21.2. The van der Waals surface area contributed by atoms with Gasteiger partial charge in [-0.2, -0.15) is 0 Å². The predicted octanol–water partition coefficient (Wildman–Crippen LogP) is 2.65. The van der Waals surface area contributed by atoms with Crippen LogP contribution in [0.4, 0.5) is 4.79 Å². The Hall–Kier alpha value is -3.86. The second-order valence-electron chi connectivity index (χ2n) is 6.90. The summed E-state index contributed by atoms with van der Waals surface area (Å²) in [6.07, 6.45) is 1.56. The molecule has 34 heavy (non-hydrogen) atoms. The Kier molecular flexibility index (Phi) is 8.25. The fourth-order valence-electron chi connectivity index (χ4n) is 3.11. The number of amides is 3. The summed E-state index contributed by atoms with van der Waals surface area (Å²) in [5.74, 6) is 0.429. The van der Waals surface area contributed by atoms with Crippen molar-refractivity contribution in [3.8, 4) is 28.7 Å². The van der Waals surface area contributed by atoms with Crippen LogP contribution in [0.1, 0.15) is 5.56 Å². The minimum atomic E-state index is -0.469. The lowest BCUT2D eigenvalue weighted by molar-refractivity contribution is -0.125. The third-order valence-corrected chi connectivity index (χ3v) is 5.65. The fraction of sp³-hybridized carbons (Fsp3) is 0.261. The van der Waals surface area contributed by atoms with Crippen molar-refractivity contribution in [2.24, 2.45) is 0 Å². The maximum atomic E-state index is 12.7. The molecule has 1 fully saturated rings. The summed E-state index contributed by atoms with van der Waals surface area (Å²) in [6.45, 7) is -0.265. The molecule has 0 spiro atoms. The van der Waals surface area contributed by atoms with Crippen molar-refractivity contribution < 1.29 is 38.4 Å². The number of phenols is 1. The van der Waals surface area contributed by atoms with Crippen molar-refractivity contribution in [3.05, 3.63) is 46.9 Å². The summed E-state index contributed by atoms with van der Waals surface area (Å²) in [5.41, 5.74) is 0.592. The molecule has 1 aliphatic heterocycles. The third-order valence-electron chi connectivity index (χ3n) is 4.74. The molecule has 0 radical (unpaired) electrons. The number of carbonyl (C=O) groups excluding carboxylic acids is 3. The van der Waals surface area contributed by atoms with E-state index in [2.05, 4.69) is 5.32 Å². The Bertz CT molecular complexity index is 1090. The highest BCUT2D eigenvalue weighted by Crippen LogP contribution is 2.40. The molecule has 0 saturated carbocycles. The topological polar surface area (TPSA) is 124 Å². The van der Waals surface area contributed by atoms with Crippen LogP contribution in [-0.2, 0) is 9.59 Å². The van der Waals surface area contributed by atoms with Crippen LogP contribution in [0.2, 0.25) is 0 Å². The first kappa shape index (κ1) is 24.8. The summed E-state index contributed by atoms with van der Waals surface area (Å²) in [7, 11) is 4.45. The molecule has 2 N–H and O–H groups in total. The average Bonchev–Trinajstić information content (AvgIpc) is 3.10. The first-order valence-electron chi connectivity index (χ1n) is 10.1. The van der Waals surface area contributed by atoms with Gasteiger partial charge in [-0.25, -0.2) is 0 Å². The number of thioether (sulfide) groups is 1. The molecule has 2 aromatic carbocycles. The fourth-order valence-corrected chi connectivity index (χ4v) is 3.97. The number of hydrogen-bond acceptors (Lipinski definition) is 9. The first-order chi connectivity index (χ1) is 16.4. The van der Waals surface area contributed by atoms with Gasteiger partial charge in [0.05, 0.1) is 26.2 Å². The third kappa shape index (κ3) is 5.73. The molecule has 0 unspecified atom stereocenters. The number of imide groups is 1. The maximum Gasteiger partial charge on any atom is 0.293 e. The number of aromatic hydroxyl groups is 1. The van der Waals surface area contributed by atoms with Crippen LogP contribution in [0.5, 0.6) is 28.7 Å². The number of ether oxygens (including phenoxy) is 4. The summed E-state index contributed by atoms with van der Waals surface area (Å²) >= 11 is 0.802. The van der Waals surface area contributed by atoms with Gasteiger partial charge in [-0.05, 0) is 47.7 Å². The van der Waals surface area contributed by atoms with E-state index in [1.165, 1.54) is 33.5 Å². The normalized spacial score (nSPS) is 14.3. The molecule has 180 valence electrons. The zero-order valence-corrected chi connectivity index (χ0v) is 19.6. The van der Waals surface area contributed by atoms with Crippen LogP contribution in [0, 0.1) is 0 Å². The Morgan fingerprint density at radius 2 is 1.74 bits per heavy atom. The standard InChI is InChI=1S/C23H24N2O8S/c1-30-17-10-14(11-18(31-2)21(17)32-3)12-19-22(28)25(23(29)34-19)9-8-24-20(27)13-33-16-7-5-4-6-15(16)26/h4-7,10-12,26H,8-9,13H2,1-3H3,(H,24,27). The van der Waals surface area contributed by atoms with Gasteiger partial charge in [0.2, 0.25) is 5.75 Å². The molecule has 3 amide bonds. The van der Waals surface area contributed by atoms with Gasteiger partial charge >= 0.3 is 0 Å². The number of phenolic OH excluding ortho intramolecular Hbond substituents is 1. The quantitative estimate of drug-likeness (QED) is 0.486. The summed E-state index contributed by atoms with van der Waals surface area (Å²) in [4.78, 5) is 38.4. The lowest BCUT2D eigenvalue weighted by Gasteiger charge is -2.14. The zero-order valence-electron chi connectivity index (χ0n) is 18.8. The number of methoxy groups -OCH3 is 3. The molecule has 10 nitrogen and oxygen atoms in total. The molecule has 2 aromatic rings. The van der Waals surface area contributed by atoms with E-state index in [9.17, 15) is 19.5 Å². The molecule has 0 bridgehead atoms. The van der Waals surface area contributed by atoms with Crippen molar-refractivity contribution in [1.29, 1.82) is 0 Å². The number of rotatable bonds is 10. The molecule has 1 aliphatic rings. The molecular formula is C23H24N2O8S. The van der Waals surface area contributed by atoms with Gasteiger partial charge in [-0.1, -0.05) is 12.1 Å². The van der Waals surface area contributed by atoms with Gasteiger partial charge < -0.3 is 29.4 Å². The highest BCUT2D eigenvalue weighted by molar-refractivity contribution is 8.18. The number of carbonyl (C=O) groups is 3. The van der Waals surface area contributed by atoms with Crippen LogP contribution in [0.15, 0.2) is 41.3 Å². The van der Waals surface area contributed by atoms with Gasteiger partial charge in [0.1, 0.15) is 0 Å². The van der Waals surface area contributed by atoms with Crippen LogP contribution in [-0.4, -0.2) is 68.1 Å². The van der Waals surface area contributed by atoms with Crippen LogP contribution in [0.25, 0.3) is 6.08 Å². The van der Waals surface area contributed by atoms with Crippen molar-refractivity contribution in [1.82, 2.24) is 10.2 Å². The lowest BCUT2D eigenvalue weighted by atomic mass is 10.1. The van der Waals surface area contributed by atoms with E-state index >= 15 is 0 Å². The zero-order chi connectivity index (χ0) is 24.7. The Morgan fingerprint density at radius 1 is 1.06 bits per heavy atom. The van der Waals surface area contributed by atoms with E-state index in [1.807, 2.05) is 0 Å². The molecule has 0 aromatic heterocycles. The minimum absolute atomic E-state index is 0.000408. The van der Waals surface area contributed by atoms with Crippen molar-refractivity contribution in [2.45, 2.75) is 0 Å². The van der Waals surface area contributed by atoms with E-state index < -0.39 is 17.1 Å². The Morgan fingerprint density at radius 3 is 2.35 bits per heavy atom. The lowest BCUT2D eigenvalue weighted by Crippen LogP contribution is -2.38. The van der Waals surface area contributed by atoms with E-state index in [0.29, 0.717) is 22.8 Å². The molecule has 11 heteroatoms. The Balaban J connectivity index is 1.59. The van der Waals surface area contributed by atoms with Crippen molar-refractivity contribution in [2.75, 3.05) is 41.0 Å². The van der Waals surface area contributed by atoms with Crippen LogP contribution in [0.3, 0.4) is 0 Å². The molecule has 0 atom stereocenters. The van der Waals surface area contributed by atoms with Crippen molar-refractivity contribution >= 4 is 34.9 Å². The van der Waals surface area contributed by atoms with Crippen LogP contribution < -0.4 is 24.3 Å². The Labute approximate surface area is 200 Å². The smallest absolute Gasteiger partial charge is 0.293 e. The number of nitrogens with one attached hydrogen (secondary N) is 1. The molecular weight excluding hydrogens is 464 g/mol. The van der Waals surface area contributed by atoms with Crippen LogP contribution >= 0.6 is 11.8 Å². The van der Waals surface area contributed by atoms with Gasteiger partial charge in [-0.3, -0.25) is 19.3 Å². The minimum Gasteiger partial charge on any atom is -0.504 e. The first-order valence-corrected chi connectivity index (χ1v) is 10.9. The van der Waals surface area contributed by atoms with E-state index in [0.717, 1.165) is 16.7 Å². The molecule has 1 saturated heterocycles. The monoisotopic (exact) mass is 488 g/mol. The summed E-state index contributed by atoms with van der Waals surface area (Å²) in [5, 5.41) is 11.8. The molecule has 0 aliphatic carbocycles. The van der Waals surface area contributed by atoms with Gasteiger partial charge in [0.25, 0.3) is 17.1 Å². The molecule has 1 heterocycles. The highest BCUT2D eigenvalue weighted by atomic mass is 32.2. The SMILES string of the molecule is COc1cc(C=C2SC(=O)N(CCNC(=O)COc3ccccc3O)C2=O)cc(OC)c1OC. The molecule has 3 rings (SSSR count). The largest absolute Gasteiger partial charge is 0.504 e. The van der Waals surface area contributed by atoms with Gasteiger partial charge in [-0.15, -0.1) is 0 Å². The maximum absolute atomic E-state index is 12.7. The van der Waals surface area contributed by atoms with E-state index in [1.54, 1.807) is 30.3 Å². The number of nitrogens with zero attached hydrogens (tertiary/aromatic N) is 1. The second-order valence-corrected chi connectivity index (χ2v) is 7.89. The number of para-hydroxylation sites is 2. The van der Waals surface area contributed by atoms with E-state index in [4.69, 9.17) is 18.9 Å². The van der Waals surface area contributed by atoms with Crippen molar-refractivity contribution in [3.63, 3.8) is 0 Å². The van der Waals surface area contributed by atoms with E-state index in [-0.39, 0.29) is 36.1 Å². The summed E-state index contributed by atoms with van der Waals surface area (Å²) in [6, 6.07) is 9.61. The number of hydrogen-bond donors (Lipinski definition) is 2. The average molecular weight is 489 g/mol. The number of benzene rings is 2. The van der Waals surface area contributed by atoms with Gasteiger partial charge in [0, 0.05) is 13.1 Å². The predicted molar refractivity (Wildman–Crippen MR) is 125 cm³/mol. The van der Waals surface area contributed by atoms with Gasteiger partial charge in [0.15, 0.2) is 29.6 Å². The second kappa shape index (κ2) is 11.3.